The molecule has 0 unspecified atom stereocenters. The number of hydrogen-bond donors (Lipinski definition) is 1. The second kappa shape index (κ2) is 15.4. The largest absolute Gasteiger partial charge is 0.354 e. The summed E-state index contributed by atoms with van der Waals surface area (Å²) in [6.45, 7) is 2.82. The van der Waals surface area contributed by atoms with Gasteiger partial charge in [0.1, 0.15) is 6.04 Å². The number of nitrogens with one attached hydrogen (secondary N) is 1. The first-order chi connectivity index (χ1) is 20.0. The Kier molecular flexibility index (Phi) is 11.4. The summed E-state index contributed by atoms with van der Waals surface area (Å²) in [6.07, 6.45) is 2.41. The monoisotopic (exact) mass is 586 g/mol. The highest BCUT2D eigenvalue weighted by atomic mass is 35.5. The molecule has 1 N–H and O–H groups in total. The van der Waals surface area contributed by atoms with Crippen molar-refractivity contribution < 1.29 is 9.59 Å². The van der Waals surface area contributed by atoms with E-state index in [1.807, 2.05) is 97.1 Å². The molecule has 0 aliphatic heterocycles. The molecule has 2 amide bonds. The zero-order valence-corrected chi connectivity index (χ0v) is 24.8. The van der Waals surface area contributed by atoms with E-state index in [4.69, 9.17) is 23.2 Å². The summed E-state index contributed by atoms with van der Waals surface area (Å²) in [5.74, 6) is -0.467. The molecule has 6 heteroatoms. The summed E-state index contributed by atoms with van der Waals surface area (Å²) < 4.78 is 0. The highest BCUT2D eigenvalue weighted by molar-refractivity contribution is 6.35. The van der Waals surface area contributed by atoms with Crippen molar-refractivity contribution in [1.82, 2.24) is 10.2 Å². The van der Waals surface area contributed by atoms with Gasteiger partial charge in [0.05, 0.1) is 0 Å². The lowest BCUT2D eigenvalue weighted by molar-refractivity contribution is -0.141. The van der Waals surface area contributed by atoms with Gasteiger partial charge >= 0.3 is 0 Å². The third-order valence-corrected chi connectivity index (χ3v) is 7.83. The minimum Gasteiger partial charge on any atom is -0.354 e. The minimum absolute atomic E-state index is 0.125. The number of unbranched alkanes of at least 4 members (excludes halogenated alkanes) is 1. The van der Waals surface area contributed by atoms with Crippen molar-refractivity contribution in [3.8, 4) is 0 Å². The fraction of sp³-hybridized carbons (Fsp3) is 0.257. The molecule has 4 aromatic rings. The molecule has 0 radical (unpaired) electrons. The van der Waals surface area contributed by atoms with E-state index in [1.54, 1.807) is 17.0 Å². The topological polar surface area (TPSA) is 49.4 Å². The maximum Gasteiger partial charge on any atom is 0.243 e. The van der Waals surface area contributed by atoms with Crippen LogP contribution in [0.25, 0.3) is 0 Å². The third-order valence-electron chi connectivity index (χ3n) is 7.24. The van der Waals surface area contributed by atoms with E-state index in [0.717, 1.165) is 35.1 Å². The van der Waals surface area contributed by atoms with Gasteiger partial charge in [-0.25, -0.2) is 0 Å². The summed E-state index contributed by atoms with van der Waals surface area (Å²) in [5, 5.41) is 4.06. The van der Waals surface area contributed by atoms with Crippen molar-refractivity contribution in [2.75, 3.05) is 6.54 Å². The van der Waals surface area contributed by atoms with E-state index < -0.39 is 6.04 Å². The fourth-order valence-corrected chi connectivity index (χ4v) is 5.45. The Hall–Kier alpha value is -3.60. The molecule has 4 rings (SSSR count). The summed E-state index contributed by atoms with van der Waals surface area (Å²) in [7, 11) is 0. The lowest BCUT2D eigenvalue weighted by Gasteiger charge is -2.33. The van der Waals surface area contributed by atoms with Gasteiger partial charge in [-0.2, -0.15) is 0 Å². The lowest BCUT2D eigenvalue weighted by atomic mass is 9.87. The van der Waals surface area contributed by atoms with Gasteiger partial charge in [-0.05, 0) is 40.8 Å². The highest BCUT2D eigenvalue weighted by Gasteiger charge is 2.32. The number of nitrogens with zero attached hydrogens (tertiary/aromatic N) is 1. The van der Waals surface area contributed by atoms with E-state index in [1.165, 1.54) is 0 Å². The molecule has 0 bridgehead atoms. The lowest BCUT2D eigenvalue weighted by Crippen LogP contribution is -2.51. The molecular formula is C35H36Cl2N2O2. The number of hydrogen-bond acceptors (Lipinski definition) is 2. The summed E-state index contributed by atoms with van der Waals surface area (Å²) in [4.78, 5) is 29.9. The predicted molar refractivity (Wildman–Crippen MR) is 168 cm³/mol. The van der Waals surface area contributed by atoms with E-state index in [-0.39, 0.29) is 30.7 Å². The van der Waals surface area contributed by atoms with Crippen LogP contribution in [0, 0.1) is 0 Å². The smallest absolute Gasteiger partial charge is 0.243 e. The number of halogens is 2. The van der Waals surface area contributed by atoms with Crippen LogP contribution in [0.4, 0.5) is 0 Å². The number of carbonyl (C=O) groups is 2. The average molecular weight is 588 g/mol. The van der Waals surface area contributed by atoms with Crippen LogP contribution in [0.3, 0.4) is 0 Å². The molecule has 212 valence electrons. The van der Waals surface area contributed by atoms with E-state index >= 15 is 0 Å². The Morgan fingerprint density at radius 1 is 0.805 bits per heavy atom. The zero-order valence-electron chi connectivity index (χ0n) is 23.3. The molecule has 1 atom stereocenters. The Labute approximate surface area is 253 Å². The van der Waals surface area contributed by atoms with Crippen molar-refractivity contribution in [1.29, 1.82) is 0 Å². The molecule has 0 heterocycles. The molecule has 0 spiro atoms. The van der Waals surface area contributed by atoms with Crippen molar-refractivity contribution in [3.05, 3.63) is 141 Å². The molecule has 41 heavy (non-hydrogen) atoms. The Bertz CT molecular complexity index is 1360. The molecule has 0 aliphatic carbocycles. The summed E-state index contributed by atoms with van der Waals surface area (Å²) in [6, 6.07) is 34.4. The van der Waals surface area contributed by atoms with Crippen LogP contribution in [-0.2, 0) is 22.6 Å². The minimum atomic E-state index is -0.722. The molecular weight excluding hydrogens is 551 g/mol. The quantitative estimate of drug-likeness (QED) is 0.161. The normalized spacial score (nSPS) is 11.7. The van der Waals surface area contributed by atoms with Crippen LogP contribution in [0.1, 0.15) is 54.4 Å². The number of benzene rings is 4. The van der Waals surface area contributed by atoms with Gasteiger partial charge in [-0.3, -0.25) is 9.59 Å². The molecule has 0 fully saturated rings. The molecule has 0 aliphatic rings. The number of carbonyl (C=O) groups excluding carboxylic acids is 2. The SMILES string of the molecule is CCCCNC(=O)[C@H](Cc1ccccc1)N(Cc1ccc(Cl)cc1Cl)C(=O)CC(c1ccccc1)c1ccccc1. The van der Waals surface area contributed by atoms with E-state index in [0.29, 0.717) is 23.0 Å². The van der Waals surface area contributed by atoms with Gasteiger partial charge in [0.2, 0.25) is 11.8 Å². The summed E-state index contributed by atoms with van der Waals surface area (Å²) >= 11 is 12.8. The standard InChI is InChI=1S/C35H36Cl2N2O2/c1-2-3-21-38-35(41)33(22-26-13-7-4-8-14-26)39(25-29-19-20-30(36)23-32(29)37)34(40)24-31(27-15-9-5-10-16-27)28-17-11-6-12-18-28/h4-20,23,31,33H,2-3,21-22,24-25H2,1H3,(H,38,41)/t33-/m0/s1. The Morgan fingerprint density at radius 3 is 1.95 bits per heavy atom. The van der Waals surface area contributed by atoms with Gasteiger partial charge in [0.15, 0.2) is 0 Å². The zero-order chi connectivity index (χ0) is 29.0. The molecule has 4 nitrogen and oxygen atoms in total. The Morgan fingerprint density at radius 2 is 1.39 bits per heavy atom. The van der Waals surface area contributed by atoms with Crippen molar-refractivity contribution in [2.45, 2.75) is 51.1 Å². The first-order valence-electron chi connectivity index (χ1n) is 14.1. The summed E-state index contributed by atoms with van der Waals surface area (Å²) in [5.41, 5.74) is 3.80. The van der Waals surface area contributed by atoms with Gasteiger partial charge in [-0.15, -0.1) is 0 Å². The van der Waals surface area contributed by atoms with Crippen molar-refractivity contribution in [3.63, 3.8) is 0 Å². The number of amides is 2. The second-order valence-electron chi connectivity index (χ2n) is 10.2. The van der Waals surface area contributed by atoms with E-state index in [2.05, 4.69) is 12.2 Å². The van der Waals surface area contributed by atoms with Crippen LogP contribution < -0.4 is 5.32 Å². The van der Waals surface area contributed by atoms with Crippen LogP contribution in [0.5, 0.6) is 0 Å². The van der Waals surface area contributed by atoms with Crippen molar-refractivity contribution >= 4 is 35.0 Å². The van der Waals surface area contributed by atoms with Gasteiger partial charge in [-0.1, -0.05) is 134 Å². The average Bonchev–Trinajstić information content (AvgIpc) is 3.00. The van der Waals surface area contributed by atoms with Gasteiger partial charge in [0.25, 0.3) is 0 Å². The maximum absolute atomic E-state index is 14.4. The molecule has 0 saturated heterocycles. The molecule has 4 aromatic carbocycles. The van der Waals surface area contributed by atoms with E-state index in [9.17, 15) is 9.59 Å². The molecule has 0 aromatic heterocycles. The highest BCUT2D eigenvalue weighted by Crippen LogP contribution is 2.31. The van der Waals surface area contributed by atoms with Crippen LogP contribution >= 0.6 is 23.2 Å². The van der Waals surface area contributed by atoms with Crippen LogP contribution in [0.15, 0.2) is 109 Å². The second-order valence-corrected chi connectivity index (χ2v) is 11.0. The van der Waals surface area contributed by atoms with Crippen molar-refractivity contribution in [2.24, 2.45) is 0 Å². The third kappa shape index (κ3) is 8.69. The van der Waals surface area contributed by atoms with Gasteiger partial charge < -0.3 is 10.2 Å². The number of rotatable bonds is 13. The fourth-order valence-electron chi connectivity index (χ4n) is 4.98. The predicted octanol–water partition coefficient (Wildman–Crippen LogP) is 8.07. The van der Waals surface area contributed by atoms with Gasteiger partial charge in [0, 0.05) is 41.9 Å². The Balaban J connectivity index is 1.74. The maximum atomic E-state index is 14.4. The first-order valence-corrected chi connectivity index (χ1v) is 14.9. The first kappa shape index (κ1) is 30.4. The van der Waals surface area contributed by atoms with Crippen LogP contribution in [0.2, 0.25) is 10.0 Å². The van der Waals surface area contributed by atoms with Crippen LogP contribution in [-0.4, -0.2) is 29.3 Å². The molecule has 0 saturated carbocycles.